The van der Waals surface area contributed by atoms with Gasteiger partial charge >= 0.3 is 0 Å². The van der Waals surface area contributed by atoms with E-state index in [0.717, 1.165) is 25.1 Å². The van der Waals surface area contributed by atoms with Gasteiger partial charge in [0.1, 0.15) is 0 Å². The van der Waals surface area contributed by atoms with Crippen LogP contribution < -0.4 is 0 Å². The number of hydrogen-bond donors (Lipinski definition) is 0. The molecule has 0 aromatic heterocycles. The van der Waals surface area contributed by atoms with E-state index in [1.165, 1.54) is 0 Å². The van der Waals surface area contributed by atoms with E-state index in [2.05, 4.69) is 0 Å². The number of carbonyl (C=O) groups is 1. The molecule has 0 radical (unpaired) electrons. The fourth-order valence-electron chi connectivity index (χ4n) is 1.17. The van der Waals surface area contributed by atoms with Crippen molar-refractivity contribution in [3.8, 4) is 0 Å². The number of hydrogen-bond acceptors (Lipinski definition) is 3. The van der Waals surface area contributed by atoms with E-state index in [4.69, 9.17) is 0 Å². The Balaban J connectivity index is 3.42. The molecule has 0 aliphatic carbocycles. The van der Waals surface area contributed by atoms with Crippen molar-refractivity contribution in [3.05, 3.63) is 39.4 Å². The summed E-state index contributed by atoms with van der Waals surface area (Å²) in [5, 5.41) is 10.5. The maximum atomic E-state index is 13.0. The summed E-state index contributed by atoms with van der Waals surface area (Å²) in [5.41, 5.74) is -1.14. The first-order chi connectivity index (χ1) is 7.21. The molecule has 16 heavy (non-hydrogen) atoms. The van der Waals surface area contributed by atoms with Gasteiger partial charge in [-0.05, 0) is 13.0 Å². The number of benzene rings is 1. The zero-order chi connectivity index (χ0) is 12.5. The summed E-state index contributed by atoms with van der Waals surface area (Å²) < 4.78 is 26.0. The topological polar surface area (TPSA) is 60.2 Å². The van der Waals surface area contributed by atoms with Crippen molar-refractivity contribution >= 4 is 11.5 Å². The Hall–Kier alpha value is -1.85. The minimum Gasteiger partial charge on any atom is -0.295 e. The molecule has 0 bridgehead atoms. The second kappa shape index (κ2) is 3.96. The first kappa shape index (κ1) is 12.2. The Morgan fingerprint density at radius 3 is 2.31 bits per heavy atom. The molecular formula is C10H9F2NO3. The molecule has 0 saturated carbocycles. The second-order valence-electron chi connectivity index (χ2n) is 3.47. The highest BCUT2D eigenvalue weighted by molar-refractivity contribution is 5.94. The zero-order valence-corrected chi connectivity index (χ0v) is 8.66. The highest BCUT2D eigenvalue weighted by Gasteiger charge is 2.27. The predicted octanol–water partition coefficient (Wildman–Crippen LogP) is 2.91. The minimum atomic E-state index is -3.21. The molecule has 0 aliphatic heterocycles. The molecule has 0 atom stereocenters. The van der Waals surface area contributed by atoms with Crippen LogP contribution in [0.25, 0.3) is 0 Å². The van der Waals surface area contributed by atoms with Gasteiger partial charge in [0.15, 0.2) is 5.78 Å². The van der Waals surface area contributed by atoms with Gasteiger partial charge in [-0.1, -0.05) is 0 Å². The van der Waals surface area contributed by atoms with Gasteiger partial charge in [-0.15, -0.1) is 0 Å². The first-order valence-electron chi connectivity index (χ1n) is 4.40. The third kappa shape index (κ3) is 2.59. The van der Waals surface area contributed by atoms with Crippen LogP contribution in [0.15, 0.2) is 18.2 Å². The number of halogens is 2. The van der Waals surface area contributed by atoms with Crippen molar-refractivity contribution in [3.63, 3.8) is 0 Å². The molecule has 4 nitrogen and oxygen atoms in total. The Morgan fingerprint density at radius 2 is 1.94 bits per heavy atom. The molecule has 1 aromatic carbocycles. The molecule has 86 valence electrons. The predicted molar refractivity (Wildman–Crippen MR) is 52.7 cm³/mol. The lowest BCUT2D eigenvalue weighted by molar-refractivity contribution is -0.385. The van der Waals surface area contributed by atoms with Crippen molar-refractivity contribution in [2.24, 2.45) is 0 Å². The summed E-state index contributed by atoms with van der Waals surface area (Å²) >= 11 is 0. The summed E-state index contributed by atoms with van der Waals surface area (Å²) in [6.07, 6.45) is 0. The fraction of sp³-hybridized carbons (Fsp3) is 0.300. The number of alkyl halides is 2. The van der Waals surface area contributed by atoms with E-state index < -0.39 is 27.9 Å². The normalized spacial score (nSPS) is 11.2. The lowest BCUT2D eigenvalue weighted by Crippen LogP contribution is -2.09. The van der Waals surface area contributed by atoms with Crippen molar-refractivity contribution in [1.29, 1.82) is 0 Å². The van der Waals surface area contributed by atoms with Gasteiger partial charge in [0.25, 0.3) is 11.6 Å². The molecule has 0 unspecified atom stereocenters. The number of nitrogens with zero attached hydrogens (tertiary/aromatic N) is 1. The van der Waals surface area contributed by atoms with Crippen LogP contribution in [0.4, 0.5) is 14.5 Å². The summed E-state index contributed by atoms with van der Waals surface area (Å²) in [7, 11) is 0. The molecule has 0 N–H and O–H groups in total. The lowest BCUT2D eigenvalue weighted by Gasteiger charge is -2.11. The first-order valence-corrected chi connectivity index (χ1v) is 4.40. The molecule has 1 rings (SSSR count). The number of nitro benzene ring substituents is 1. The van der Waals surface area contributed by atoms with Crippen LogP contribution in [-0.4, -0.2) is 10.7 Å². The second-order valence-corrected chi connectivity index (χ2v) is 3.47. The minimum absolute atomic E-state index is 0.0919. The Labute approximate surface area is 90.0 Å². The number of rotatable bonds is 3. The smallest absolute Gasteiger partial charge is 0.270 e. The van der Waals surface area contributed by atoms with Crippen LogP contribution in [0.2, 0.25) is 0 Å². The van der Waals surface area contributed by atoms with Crippen LogP contribution in [0.5, 0.6) is 0 Å². The fourth-order valence-corrected chi connectivity index (χ4v) is 1.17. The molecule has 1 aromatic rings. The standard InChI is InChI=1S/C10H9F2NO3/c1-6(14)7-3-8(10(2,11)12)5-9(4-7)13(15)16/h3-5H,1-2H3. The molecule has 6 heteroatoms. The molecular weight excluding hydrogens is 220 g/mol. The summed E-state index contributed by atoms with van der Waals surface area (Å²) in [6.45, 7) is 1.78. The highest BCUT2D eigenvalue weighted by Crippen LogP contribution is 2.30. The van der Waals surface area contributed by atoms with Crippen LogP contribution in [0.3, 0.4) is 0 Å². The summed E-state index contributed by atoms with van der Waals surface area (Å²) in [5.74, 6) is -3.70. The maximum Gasteiger partial charge on any atom is 0.270 e. The summed E-state index contributed by atoms with van der Waals surface area (Å²) in [4.78, 5) is 20.7. The van der Waals surface area contributed by atoms with Crippen LogP contribution >= 0.6 is 0 Å². The molecule has 0 saturated heterocycles. The number of carbonyl (C=O) groups excluding carboxylic acids is 1. The van der Waals surface area contributed by atoms with Crippen molar-refractivity contribution < 1.29 is 18.5 Å². The Bertz CT molecular complexity index is 420. The highest BCUT2D eigenvalue weighted by atomic mass is 19.3. The third-order valence-electron chi connectivity index (χ3n) is 2.04. The van der Waals surface area contributed by atoms with E-state index in [1.807, 2.05) is 0 Å². The summed E-state index contributed by atoms with van der Waals surface area (Å²) in [6, 6.07) is 2.72. The van der Waals surface area contributed by atoms with Gasteiger partial charge in [0.05, 0.1) is 4.92 Å². The van der Waals surface area contributed by atoms with Crippen LogP contribution in [0.1, 0.15) is 29.8 Å². The molecule has 0 aliphatic rings. The van der Waals surface area contributed by atoms with Crippen LogP contribution in [-0.2, 0) is 5.92 Å². The lowest BCUT2D eigenvalue weighted by atomic mass is 10.0. The van der Waals surface area contributed by atoms with E-state index in [0.29, 0.717) is 6.92 Å². The largest absolute Gasteiger partial charge is 0.295 e. The zero-order valence-electron chi connectivity index (χ0n) is 8.66. The molecule has 0 heterocycles. The van der Waals surface area contributed by atoms with E-state index in [-0.39, 0.29) is 5.56 Å². The number of non-ortho nitro benzene ring substituents is 1. The number of Topliss-reactive ketones (excluding diaryl/α,β-unsaturated/α-hetero) is 1. The van der Waals surface area contributed by atoms with Gasteiger partial charge in [-0.3, -0.25) is 14.9 Å². The van der Waals surface area contributed by atoms with E-state index in [1.54, 1.807) is 0 Å². The van der Waals surface area contributed by atoms with Crippen molar-refractivity contribution in [2.45, 2.75) is 19.8 Å². The van der Waals surface area contributed by atoms with E-state index in [9.17, 15) is 23.7 Å². The van der Waals surface area contributed by atoms with Gasteiger partial charge < -0.3 is 0 Å². The Morgan fingerprint density at radius 1 is 1.38 bits per heavy atom. The van der Waals surface area contributed by atoms with Gasteiger partial charge in [-0.2, -0.15) is 0 Å². The number of nitro groups is 1. The van der Waals surface area contributed by atoms with Gasteiger partial charge in [0, 0.05) is 30.2 Å². The van der Waals surface area contributed by atoms with Crippen LogP contribution in [0, 0.1) is 10.1 Å². The van der Waals surface area contributed by atoms with E-state index >= 15 is 0 Å². The average Bonchev–Trinajstić information content (AvgIpc) is 2.15. The monoisotopic (exact) mass is 229 g/mol. The van der Waals surface area contributed by atoms with Gasteiger partial charge in [0.2, 0.25) is 0 Å². The number of ketones is 1. The molecule has 0 amide bonds. The maximum absolute atomic E-state index is 13.0. The molecule has 0 spiro atoms. The SMILES string of the molecule is CC(=O)c1cc([N+](=O)[O-])cc(C(C)(F)F)c1. The van der Waals surface area contributed by atoms with Gasteiger partial charge in [-0.25, -0.2) is 8.78 Å². The Kier molecular flexibility index (Phi) is 3.02. The average molecular weight is 229 g/mol. The van der Waals surface area contributed by atoms with Crippen molar-refractivity contribution in [2.75, 3.05) is 0 Å². The van der Waals surface area contributed by atoms with Crippen molar-refractivity contribution in [1.82, 2.24) is 0 Å². The molecule has 0 fully saturated rings. The third-order valence-corrected chi connectivity index (χ3v) is 2.04. The quantitative estimate of drug-likeness (QED) is 0.454.